The summed E-state index contributed by atoms with van der Waals surface area (Å²) in [6.45, 7) is -0.521. The molecule has 0 unspecified atom stereocenters. The summed E-state index contributed by atoms with van der Waals surface area (Å²) in [5, 5.41) is 38.8. The number of nitrogens with two attached hydrogens (primary N) is 1. The number of nitrogens with one attached hydrogen (secondary N) is 1. The molecule has 0 spiro atoms. The average molecular weight is 308 g/mol. The molecule has 0 aliphatic carbocycles. The third-order valence-electron chi connectivity index (χ3n) is 2.54. The van der Waals surface area contributed by atoms with Gasteiger partial charge >= 0.3 is 5.97 Å². The van der Waals surface area contributed by atoms with Crippen molar-refractivity contribution in [3.63, 3.8) is 0 Å². The number of aldehydes is 1. The van der Waals surface area contributed by atoms with E-state index in [0.717, 1.165) is 6.92 Å². The van der Waals surface area contributed by atoms with Crippen LogP contribution in [-0.2, 0) is 19.1 Å². The summed E-state index contributed by atoms with van der Waals surface area (Å²) in [6.07, 6.45) is -5.06. The predicted molar refractivity (Wildman–Crippen MR) is 67.7 cm³/mol. The Bertz CT molecular complexity index is 364. The van der Waals surface area contributed by atoms with Gasteiger partial charge in [0, 0.05) is 6.92 Å². The second kappa shape index (κ2) is 9.37. The first kappa shape index (κ1) is 19.4. The van der Waals surface area contributed by atoms with Crippen molar-refractivity contribution in [3.8, 4) is 0 Å². The molecule has 10 heteroatoms. The molecule has 0 aromatic carbocycles. The molecule has 0 aromatic rings. The maximum absolute atomic E-state index is 11.5. The molecule has 0 fully saturated rings. The van der Waals surface area contributed by atoms with Crippen LogP contribution in [0.5, 0.6) is 0 Å². The third kappa shape index (κ3) is 6.14. The number of hydrogen-bond acceptors (Lipinski definition) is 9. The van der Waals surface area contributed by atoms with Crippen LogP contribution >= 0.6 is 0 Å². The van der Waals surface area contributed by atoms with Crippen LogP contribution in [0.15, 0.2) is 0 Å². The fourth-order valence-corrected chi connectivity index (χ4v) is 1.41. The highest BCUT2D eigenvalue weighted by molar-refractivity contribution is 5.79. The van der Waals surface area contributed by atoms with Crippen molar-refractivity contribution in [2.75, 3.05) is 13.2 Å². The van der Waals surface area contributed by atoms with Crippen molar-refractivity contribution in [2.24, 2.45) is 5.73 Å². The largest absolute Gasteiger partial charge is 0.456 e. The highest BCUT2D eigenvalue weighted by atomic mass is 16.6. The first-order valence-electron chi connectivity index (χ1n) is 6.04. The van der Waals surface area contributed by atoms with Gasteiger partial charge in [-0.1, -0.05) is 0 Å². The number of aliphatic hydroxyl groups is 4. The topological polar surface area (TPSA) is 179 Å². The molecule has 0 saturated carbocycles. The van der Waals surface area contributed by atoms with E-state index < -0.39 is 55.5 Å². The SMILES string of the molecule is CC(=O)N[C@@H](C=O)[C@@H](OC(=O)[C@@H](N)CO)[C@@H](O)[C@H](O)CO. The van der Waals surface area contributed by atoms with Gasteiger partial charge in [-0.15, -0.1) is 0 Å². The van der Waals surface area contributed by atoms with Gasteiger partial charge < -0.3 is 41.0 Å². The Hall–Kier alpha value is -1.59. The van der Waals surface area contributed by atoms with Gasteiger partial charge in [-0.05, 0) is 0 Å². The molecular weight excluding hydrogens is 288 g/mol. The molecule has 0 radical (unpaired) electrons. The lowest BCUT2D eigenvalue weighted by molar-refractivity contribution is -0.168. The van der Waals surface area contributed by atoms with Crippen molar-refractivity contribution in [1.29, 1.82) is 0 Å². The Labute approximate surface area is 120 Å². The van der Waals surface area contributed by atoms with Crippen molar-refractivity contribution >= 4 is 18.2 Å². The second-order valence-electron chi connectivity index (χ2n) is 4.29. The Morgan fingerprint density at radius 1 is 1.29 bits per heavy atom. The second-order valence-corrected chi connectivity index (χ2v) is 4.29. The maximum atomic E-state index is 11.5. The maximum Gasteiger partial charge on any atom is 0.325 e. The number of rotatable bonds is 9. The molecule has 7 N–H and O–H groups in total. The van der Waals surface area contributed by atoms with Crippen LogP contribution in [0.25, 0.3) is 0 Å². The van der Waals surface area contributed by atoms with E-state index in [1.165, 1.54) is 0 Å². The quantitative estimate of drug-likeness (QED) is 0.181. The first-order valence-corrected chi connectivity index (χ1v) is 6.04. The van der Waals surface area contributed by atoms with Gasteiger partial charge in [0.1, 0.15) is 30.6 Å². The van der Waals surface area contributed by atoms with Crippen LogP contribution in [0, 0.1) is 0 Å². The van der Waals surface area contributed by atoms with E-state index in [1.54, 1.807) is 0 Å². The molecule has 0 aromatic heterocycles. The van der Waals surface area contributed by atoms with Gasteiger partial charge in [-0.2, -0.15) is 0 Å². The molecule has 0 aliphatic rings. The fraction of sp³-hybridized carbons (Fsp3) is 0.727. The molecule has 0 saturated heterocycles. The molecule has 0 rings (SSSR count). The van der Waals surface area contributed by atoms with Gasteiger partial charge in [-0.3, -0.25) is 9.59 Å². The first-order chi connectivity index (χ1) is 9.78. The van der Waals surface area contributed by atoms with Gasteiger partial charge in [-0.25, -0.2) is 0 Å². The summed E-state index contributed by atoms with van der Waals surface area (Å²) in [4.78, 5) is 33.5. The molecule has 10 nitrogen and oxygen atoms in total. The Morgan fingerprint density at radius 2 is 1.86 bits per heavy atom. The van der Waals surface area contributed by atoms with Gasteiger partial charge in [0.05, 0.1) is 13.2 Å². The van der Waals surface area contributed by atoms with Crippen LogP contribution in [0.3, 0.4) is 0 Å². The molecule has 5 atom stereocenters. The third-order valence-corrected chi connectivity index (χ3v) is 2.54. The van der Waals surface area contributed by atoms with Crippen LogP contribution < -0.4 is 11.1 Å². The molecular formula is C11H20N2O8. The smallest absolute Gasteiger partial charge is 0.325 e. The molecule has 21 heavy (non-hydrogen) atoms. The average Bonchev–Trinajstić information content (AvgIpc) is 2.47. The normalized spacial score (nSPS) is 18.0. The Morgan fingerprint density at radius 3 is 2.24 bits per heavy atom. The molecule has 0 heterocycles. The lowest BCUT2D eigenvalue weighted by Crippen LogP contribution is -2.56. The van der Waals surface area contributed by atoms with E-state index in [2.05, 4.69) is 5.32 Å². The number of amides is 1. The molecule has 0 bridgehead atoms. The van der Waals surface area contributed by atoms with Gasteiger partial charge in [0.15, 0.2) is 6.10 Å². The van der Waals surface area contributed by atoms with Crippen LogP contribution in [0.4, 0.5) is 0 Å². The standard InChI is InChI=1S/C11H20N2O8/c1-5(17)13-7(3-15)10(9(19)8(18)4-16)21-11(20)6(12)2-14/h3,6-10,14,16,18-19H,2,4,12H2,1H3,(H,13,17)/t6-,7-,8+,9-,10+/m0/s1. The van der Waals surface area contributed by atoms with E-state index >= 15 is 0 Å². The summed E-state index contributed by atoms with van der Waals surface area (Å²) in [7, 11) is 0. The zero-order chi connectivity index (χ0) is 16.6. The minimum Gasteiger partial charge on any atom is -0.456 e. The number of hydrogen-bond donors (Lipinski definition) is 6. The predicted octanol–water partition coefficient (Wildman–Crippen LogP) is -4.36. The monoisotopic (exact) mass is 308 g/mol. The summed E-state index contributed by atoms with van der Waals surface area (Å²) < 4.78 is 4.75. The van der Waals surface area contributed by atoms with Crippen LogP contribution in [0.1, 0.15) is 6.92 Å². The zero-order valence-corrected chi connectivity index (χ0v) is 11.4. The Balaban J connectivity index is 5.19. The van der Waals surface area contributed by atoms with E-state index in [9.17, 15) is 24.6 Å². The highest BCUT2D eigenvalue weighted by Crippen LogP contribution is 2.10. The Kier molecular flexibility index (Phi) is 8.66. The number of esters is 1. The number of carbonyl (C=O) groups excluding carboxylic acids is 3. The summed E-state index contributed by atoms with van der Waals surface area (Å²) in [5.74, 6) is -1.80. The van der Waals surface area contributed by atoms with Crippen LogP contribution in [-0.4, -0.2) is 82.2 Å². The van der Waals surface area contributed by atoms with Crippen molar-refractivity contribution in [3.05, 3.63) is 0 Å². The van der Waals surface area contributed by atoms with Crippen molar-refractivity contribution in [2.45, 2.75) is 37.3 Å². The fourth-order valence-electron chi connectivity index (χ4n) is 1.41. The minimum atomic E-state index is -1.85. The van der Waals surface area contributed by atoms with Crippen molar-refractivity contribution < 1.29 is 39.5 Å². The van der Waals surface area contributed by atoms with E-state index in [1.807, 2.05) is 0 Å². The lowest BCUT2D eigenvalue weighted by Gasteiger charge is -2.30. The van der Waals surface area contributed by atoms with E-state index in [4.69, 9.17) is 20.7 Å². The summed E-state index contributed by atoms with van der Waals surface area (Å²) in [6, 6.07) is -2.89. The zero-order valence-electron chi connectivity index (χ0n) is 11.4. The summed E-state index contributed by atoms with van der Waals surface area (Å²) in [5.41, 5.74) is 5.22. The number of aliphatic hydroxyl groups excluding tert-OH is 4. The minimum absolute atomic E-state index is 0.192. The van der Waals surface area contributed by atoms with Gasteiger partial charge in [0.2, 0.25) is 5.91 Å². The van der Waals surface area contributed by atoms with E-state index in [-0.39, 0.29) is 6.29 Å². The highest BCUT2D eigenvalue weighted by Gasteiger charge is 2.37. The van der Waals surface area contributed by atoms with Crippen LogP contribution in [0.2, 0.25) is 0 Å². The summed E-state index contributed by atoms with van der Waals surface area (Å²) >= 11 is 0. The van der Waals surface area contributed by atoms with E-state index in [0.29, 0.717) is 0 Å². The van der Waals surface area contributed by atoms with Crippen molar-refractivity contribution in [1.82, 2.24) is 5.32 Å². The molecule has 1 amide bonds. The number of ether oxygens (including phenoxy) is 1. The number of carbonyl (C=O) groups is 3. The van der Waals surface area contributed by atoms with Gasteiger partial charge in [0.25, 0.3) is 0 Å². The molecule has 0 aliphatic heterocycles. The lowest BCUT2D eigenvalue weighted by atomic mass is 10.0. The molecule has 122 valence electrons.